The maximum absolute atomic E-state index is 6.21. The van der Waals surface area contributed by atoms with Crippen molar-refractivity contribution < 1.29 is 9.47 Å². The van der Waals surface area contributed by atoms with Gasteiger partial charge in [-0.05, 0) is 63.0 Å². The maximum atomic E-state index is 6.21. The van der Waals surface area contributed by atoms with Gasteiger partial charge in [-0.25, -0.2) is 0 Å². The fourth-order valence-electron chi connectivity index (χ4n) is 4.07. The summed E-state index contributed by atoms with van der Waals surface area (Å²) in [6, 6.07) is 0.526. The van der Waals surface area contributed by atoms with E-state index < -0.39 is 0 Å². The predicted molar refractivity (Wildman–Crippen MR) is 79.8 cm³/mol. The van der Waals surface area contributed by atoms with E-state index in [1.165, 1.54) is 50.0 Å². The zero-order valence-corrected chi connectivity index (χ0v) is 12.8. The molecule has 3 saturated heterocycles. The SMILES string of the molecule is CNC(C1CCOC2(CCSCC2)C1)C1CCCO1. The summed E-state index contributed by atoms with van der Waals surface area (Å²) in [6.45, 7) is 1.90. The lowest BCUT2D eigenvalue weighted by molar-refractivity contribution is -0.113. The molecule has 4 heteroatoms. The molecule has 110 valence electrons. The van der Waals surface area contributed by atoms with Crippen molar-refractivity contribution in [2.75, 3.05) is 31.8 Å². The summed E-state index contributed by atoms with van der Waals surface area (Å²) in [4.78, 5) is 0. The topological polar surface area (TPSA) is 30.5 Å². The number of hydrogen-bond acceptors (Lipinski definition) is 4. The molecular weight excluding hydrogens is 258 g/mol. The van der Waals surface area contributed by atoms with Crippen LogP contribution in [0.5, 0.6) is 0 Å². The summed E-state index contributed by atoms with van der Waals surface area (Å²) in [7, 11) is 2.10. The van der Waals surface area contributed by atoms with Gasteiger partial charge < -0.3 is 14.8 Å². The number of rotatable bonds is 3. The minimum absolute atomic E-state index is 0.196. The third-order valence-corrected chi connectivity index (χ3v) is 6.13. The van der Waals surface area contributed by atoms with Crippen LogP contribution < -0.4 is 5.32 Å². The summed E-state index contributed by atoms with van der Waals surface area (Å²) >= 11 is 2.08. The first-order chi connectivity index (χ1) is 9.33. The number of thioether (sulfide) groups is 1. The van der Waals surface area contributed by atoms with Crippen molar-refractivity contribution in [1.29, 1.82) is 0 Å². The van der Waals surface area contributed by atoms with E-state index >= 15 is 0 Å². The van der Waals surface area contributed by atoms with Crippen molar-refractivity contribution >= 4 is 11.8 Å². The van der Waals surface area contributed by atoms with Crippen LogP contribution in [0.3, 0.4) is 0 Å². The molecule has 1 spiro atoms. The molecule has 3 heterocycles. The first-order valence-corrected chi connectivity index (χ1v) is 8.99. The Hall–Kier alpha value is 0.230. The normalized spacial score (nSPS) is 36.5. The second-order valence-corrected chi connectivity index (χ2v) is 7.49. The van der Waals surface area contributed by atoms with Gasteiger partial charge in [-0.2, -0.15) is 11.8 Å². The van der Waals surface area contributed by atoms with Crippen LogP contribution in [-0.2, 0) is 9.47 Å². The number of ether oxygens (including phenoxy) is 2. The van der Waals surface area contributed by atoms with E-state index in [4.69, 9.17) is 9.47 Å². The Balaban J connectivity index is 1.65. The van der Waals surface area contributed by atoms with Gasteiger partial charge >= 0.3 is 0 Å². The van der Waals surface area contributed by atoms with Gasteiger partial charge in [0, 0.05) is 19.3 Å². The second kappa shape index (κ2) is 6.33. The Morgan fingerprint density at radius 3 is 2.74 bits per heavy atom. The molecule has 3 atom stereocenters. The van der Waals surface area contributed by atoms with Crippen LogP contribution in [0.25, 0.3) is 0 Å². The lowest BCUT2D eigenvalue weighted by atomic mass is 9.77. The zero-order valence-electron chi connectivity index (χ0n) is 12.0. The van der Waals surface area contributed by atoms with Gasteiger partial charge in [0.1, 0.15) is 0 Å². The Kier molecular flexibility index (Phi) is 4.73. The van der Waals surface area contributed by atoms with Gasteiger partial charge in [0.05, 0.1) is 11.7 Å². The van der Waals surface area contributed by atoms with Gasteiger partial charge in [-0.1, -0.05) is 0 Å². The van der Waals surface area contributed by atoms with Gasteiger partial charge in [0.2, 0.25) is 0 Å². The van der Waals surface area contributed by atoms with Crippen molar-refractivity contribution in [1.82, 2.24) is 5.32 Å². The second-order valence-electron chi connectivity index (χ2n) is 6.26. The fourth-order valence-corrected chi connectivity index (χ4v) is 5.31. The van der Waals surface area contributed by atoms with Crippen molar-refractivity contribution in [3.63, 3.8) is 0 Å². The first-order valence-electron chi connectivity index (χ1n) is 7.84. The monoisotopic (exact) mass is 285 g/mol. The molecule has 0 aromatic carbocycles. The minimum atomic E-state index is 0.196. The molecule has 3 rings (SSSR count). The molecule has 0 radical (unpaired) electrons. The summed E-state index contributed by atoms with van der Waals surface area (Å²) in [5.74, 6) is 3.28. The molecule has 3 nitrogen and oxygen atoms in total. The predicted octanol–water partition coefficient (Wildman–Crippen LogP) is 2.45. The molecule has 3 unspecified atom stereocenters. The molecular formula is C15H27NO2S. The van der Waals surface area contributed by atoms with E-state index in [1.54, 1.807) is 0 Å². The standard InChI is InChI=1S/C15H27NO2S/c1-16-14(13-3-2-7-17-13)12-4-8-18-15(11-12)5-9-19-10-6-15/h12-14,16H,2-11H2,1H3. The molecule has 3 aliphatic rings. The molecule has 0 aliphatic carbocycles. The molecule has 19 heavy (non-hydrogen) atoms. The smallest absolute Gasteiger partial charge is 0.0731 e. The van der Waals surface area contributed by atoms with Crippen molar-refractivity contribution in [3.05, 3.63) is 0 Å². The van der Waals surface area contributed by atoms with E-state index in [2.05, 4.69) is 24.1 Å². The van der Waals surface area contributed by atoms with Crippen LogP contribution >= 0.6 is 11.8 Å². The highest BCUT2D eigenvalue weighted by atomic mass is 32.2. The number of nitrogens with one attached hydrogen (secondary N) is 1. The van der Waals surface area contributed by atoms with Crippen molar-refractivity contribution in [2.45, 2.75) is 56.3 Å². The Bertz CT molecular complexity index is 282. The van der Waals surface area contributed by atoms with Crippen molar-refractivity contribution in [2.24, 2.45) is 5.92 Å². The van der Waals surface area contributed by atoms with Crippen LogP contribution in [0.2, 0.25) is 0 Å². The summed E-state index contributed by atoms with van der Waals surface area (Å²) < 4.78 is 12.1. The highest BCUT2D eigenvalue weighted by Gasteiger charge is 2.42. The minimum Gasteiger partial charge on any atom is -0.377 e. The van der Waals surface area contributed by atoms with E-state index in [1.807, 2.05) is 0 Å². The van der Waals surface area contributed by atoms with E-state index in [-0.39, 0.29) is 5.60 Å². The van der Waals surface area contributed by atoms with Gasteiger partial charge in [-0.15, -0.1) is 0 Å². The lowest BCUT2D eigenvalue weighted by Crippen LogP contribution is -2.51. The number of hydrogen-bond donors (Lipinski definition) is 1. The molecule has 3 aliphatic heterocycles. The Morgan fingerprint density at radius 1 is 1.21 bits per heavy atom. The summed E-state index contributed by atoms with van der Waals surface area (Å²) in [5.41, 5.74) is 0.196. The molecule has 0 bridgehead atoms. The molecule has 0 amide bonds. The molecule has 1 N–H and O–H groups in total. The Morgan fingerprint density at radius 2 is 2.05 bits per heavy atom. The third-order valence-electron chi connectivity index (χ3n) is 5.14. The maximum Gasteiger partial charge on any atom is 0.0731 e. The highest BCUT2D eigenvalue weighted by Crippen LogP contribution is 2.41. The first kappa shape index (κ1) is 14.2. The summed E-state index contributed by atoms with van der Waals surface area (Å²) in [5, 5.41) is 3.55. The van der Waals surface area contributed by atoms with Crippen LogP contribution in [0.4, 0.5) is 0 Å². The van der Waals surface area contributed by atoms with Gasteiger partial charge in [-0.3, -0.25) is 0 Å². The average Bonchev–Trinajstić information content (AvgIpc) is 2.95. The van der Waals surface area contributed by atoms with Crippen LogP contribution in [0, 0.1) is 5.92 Å². The third kappa shape index (κ3) is 3.12. The fraction of sp³-hybridized carbons (Fsp3) is 1.00. The van der Waals surface area contributed by atoms with Crippen LogP contribution in [0.1, 0.15) is 38.5 Å². The number of likely N-dealkylation sites (N-methyl/N-ethyl adjacent to an activating group) is 1. The molecule has 0 saturated carbocycles. The molecule has 0 aromatic heterocycles. The average molecular weight is 285 g/mol. The van der Waals surface area contributed by atoms with Crippen LogP contribution in [0.15, 0.2) is 0 Å². The zero-order chi connectivity index (χ0) is 13.1. The summed E-state index contributed by atoms with van der Waals surface area (Å²) in [6.07, 6.45) is 7.81. The molecule has 3 fully saturated rings. The largest absolute Gasteiger partial charge is 0.377 e. The quantitative estimate of drug-likeness (QED) is 0.863. The lowest BCUT2D eigenvalue weighted by Gasteiger charge is -2.46. The van der Waals surface area contributed by atoms with Gasteiger partial charge in [0.15, 0.2) is 0 Å². The van der Waals surface area contributed by atoms with Crippen LogP contribution in [-0.4, -0.2) is 49.5 Å². The van der Waals surface area contributed by atoms with E-state index in [0.717, 1.165) is 19.1 Å². The van der Waals surface area contributed by atoms with E-state index in [9.17, 15) is 0 Å². The molecule has 0 aromatic rings. The van der Waals surface area contributed by atoms with E-state index in [0.29, 0.717) is 12.1 Å². The highest BCUT2D eigenvalue weighted by molar-refractivity contribution is 7.99. The Labute approximate surface area is 121 Å². The van der Waals surface area contributed by atoms with Gasteiger partial charge in [0.25, 0.3) is 0 Å². The van der Waals surface area contributed by atoms with Crippen molar-refractivity contribution in [3.8, 4) is 0 Å².